The fourth-order valence-corrected chi connectivity index (χ4v) is 5.04. The summed E-state index contributed by atoms with van der Waals surface area (Å²) in [5.41, 5.74) is 0. The minimum absolute atomic E-state index is 0.109. The number of hydrogen-bond acceptors (Lipinski definition) is 4. The van der Waals surface area contributed by atoms with Crippen molar-refractivity contribution in [3.8, 4) is 0 Å². The maximum atomic E-state index is 13.9. The van der Waals surface area contributed by atoms with Crippen LogP contribution in [0.5, 0.6) is 0 Å². The van der Waals surface area contributed by atoms with Gasteiger partial charge in [0.25, 0.3) is 0 Å². The monoisotopic (exact) mass is 454 g/mol. The zero-order chi connectivity index (χ0) is 19.8. The molecule has 0 saturated heterocycles. The van der Waals surface area contributed by atoms with Gasteiger partial charge in [0.05, 0.1) is 19.6 Å². The first kappa shape index (κ1) is 21.6. The first-order valence-corrected chi connectivity index (χ1v) is 10.9. The third kappa shape index (κ3) is 3.65. The van der Waals surface area contributed by atoms with Crippen molar-refractivity contribution in [3.63, 3.8) is 0 Å². The van der Waals surface area contributed by atoms with Crippen molar-refractivity contribution in [2.75, 3.05) is 12.5 Å². The van der Waals surface area contributed by atoms with Gasteiger partial charge in [0, 0.05) is 0 Å². The van der Waals surface area contributed by atoms with E-state index in [1.807, 2.05) is 0 Å². The van der Waals surface area contributed by atoms with Gasteiger partial charge in [0.2, 0.25) is 0 Å². The van der Waals surface area contributed by atoms with Gasteiger partial charge in [-0.3, -0.25) is 0 Å². The van der Waals surface area contributed by atoms with E-state index >= 15 is 0 Å². The molecular formula is C14H6F8S4. The lowest BCUT2D eigenvalue weighted by molar-refractivity contribution is 0.400. The van der Waals surface area contributed by atoms with Crippen LogP contribution >= 0.6 is 45.1 Å². The molecule has 0 atom stereocenters. The average Bonchev–Trinajstić information content (AvgIpc) is 2.62. The molecule has 0 unspecified atom stereocenters. The van der Waals surface area contributed by atoms with E-state index in [1.54, 1.807) is 0 Å². The van der Waals surface area contributed by atoms with Gasteiger partial charge >= 0.3 is 0 Å². The van der Waals surface area contributed by atoms with Gasteiger partial charge in [-0.25, -0.2) is 35.1 Å². The molecule has 0 aliphatic carbocycles. The Morgan fingerprint density at radius 2 is 0.577 bits per heavy atom. The highest BCUT2D eigenvalue weighted by atomic mass is 33.1. The topological polar surface area (TPSA) is 0 Å². The van der Waals surface area contributed by atoms with Crippen LogP contribution < -0.4 is 0 Å². The van der Waals surface area contributed by atoms with Crippen LogP contribution in [-0.4, -0.2) is 12.5 Å². The van der Waals surface area contributed by atoms with Crippen LogP contribution in [0.15, 0.2) is 19.6 Å². The Balaban J connectivity index is 2.48. The highest BCUT2D eigenvalue weighted by Crippen LogP contribution is 2.46. The molecule has 0 aromatic heterocycles. The normalized spacial score (nSPS) is 11.3. The van der Waals surface area contributed by atoms with E-state index in [1.165, 1.54) is 12.5 Å². The van der Waals surface area contributed by atoms with E-state index < -0.39 is 66.1 Å². The van der Waals surface area contributed by atoms with Crippen LogP contribution in [0.4, 0.5) is 35.1 Å². The third-order valence-electron chi connectivity index (χ3n) is 2.98. The molecule has 0 aliphatic rings. The Morgan fingerprint density at radius 1 is 0.385 bits per heavy atom. The molecule has 0 spiro atoms. The van der Waals surface area contributed by atoms with E-state index in [4.69, 9.17) is 0 Å². The van der Waals surface area contributed by atoms with E-state index in [-0.39, 0.29) is 21.6 Å². The summed E-state index contributed by atoms with van der Waals surface area (Å²) in [4.78, 5) is -4.27. The van der Waals surface area contributed by atoms with Crippen molar-refractivity contribution < 1.29 is 35.1 Å². The second-order valence-electron chi connectivity index (χ2n) is 4.40. The first-order valence-electron chi connectivity index (χ1n) is 6.31. The van der Waals surface area contributed by atoms with Crippen molar-refractivity contribution in [3.05, 3.63) is 46.5 Å². The molecule has 142 valence electrons. The molecule has 0 radical (unpaired) electrons. The van der Waals surface area contributed by atoms with E-state index in [2.05, 4.69) is 0 Å². The molecule has 2 rings (SSSR count). The van der Waals surface area contributed by atoms with Gasteiger partial charge in [0.15, 0.2) is 46.5 Å². The third-order valence-corrected chi connectivity index (χ3v) is 6.90. The number of halogens is 8. The van der Waals surface area contributed by atoms with Crippen LogP contribution in [0.2, 0.25) is 0 Å². The number of hydrogen-bond donors (Lipinski definition) is 0. The van der Waals surface area contributed by atoms with Gasteiger partial charge < -0.3 is 0 Å². The molecule has 2 aromatic carbocycles. The lowest BCUT2D eigenvalue weighted by atomic mass is 10.3. The van der Waals surface area contributed by atoms with Gasteiger partial charge in [0.1, 0.15) is 0 Å². The first-order chi connectivity index (χ1) is 12.2. The molecule has 0 aliphatic heterocycles. The van der Waals surface area contributed by atoms with Crippen LogP contribution in [0.25, 0.3) is 0 Å². The molecule has 0 nitrogen and oxygen atoms in total. The van der Waals surface area contributed by atoms with Gasteiger partial charge in [-0.1, -0.05) is 0 Å². The summed E-state index contributed by atoms with van der Waals surface area (Å²) in [7, 11) is -0.218. The number of thioether (sulfide) groups is 2. The zero-order valence-electron chi connectivity index (χ0n) is 12.7. The Labute approximate surface area is 158 Å². The summed E-state index contributed by atoms with van der Waals surface area (Å²) in [5.74, 6) is -13.9. The highest BCUT2D eigenvalue weighted by Gasteiger charge is 2.29. The molecule has 0 amide bonds. The Morgan fingerprint density at radius 3 is 0.769 bits per heavy atom. The lowest BCUT2D eigenvalue weighted by Crippen LogP contribution is -2.02. The molecule has 26 heavy (non-hydrogen) atoms. The summed E-state index contributed by atoms with van der Waals surface area (Å²) >= 11 is 0.838. The molecule has 12 heteroatoms. The van der Waals surface area contributed by atoms with Crippen LogP contribution in [-0.2, 0) is 0 Å². The van der Waals surface area contributed by atoms with Gasteiger partial charge in [-0.15, -0.1) is 23.5 Å². The van der Waals surface area contributed by atoms with Crippen molar-refractivity contribution in [2.24, 2.45) is 0 Å². The minimum atomic E-state index is -1.78. The van der Waals surface area contributed by atoms with Crippen molar-refractivity contribution in [1.82, 2.24) is 0 Å². The van der Waals surface area contributed by atoms with Crippen molar-refractivity contribution in [2.45, 2.75) is 19.6 Å². The second-order valence-corrected chi connectivity index (χ2v) is 8.19. The summed E-state index contributed by atoms with van der Waals surface area (Å²) in [5, 5.41) is 0. The van der Waals surface area contributed by atoms with E-state index in [0.717, 1.165) is 0 Å². The number of rotatable bonds is 5. The second kappa shape index (κ2) is 8.53. The summed E-state index contributed by atoms with van der Waals surface area (Å²) < 4.78 is 110. The van der Waals surface area contributed by atoms with Gasteiger partial charge in [-0.05, 0) is 34.1 Å². The maximum absolute atomic E-state index is 13.9. The number of benzene rings is 2. The van der Waals surface area contributed by atoms with E-state index in [0.29, 0.717) is 23.5 Å². The molecule has 0 saturated carbocycles. The fraction of sp³-hybridized carbons (Fsp3) is 0.143. The SMILES string of the molecule is CSc1c(F)c(F)c(SSc2c(F)c(F)c(SC)c(F)c2F)c(F)c1F. The largest absolute Gasteiger partial charge is 0.202 e. The van der Waals surface area contributed by atoms with Crippen molar-refractivity contribution in [1.29, 1.82) is 0 Å². The smallest absolute Gasteiger partial charge is 0.177 e. The predicted molar refractivity (Wildman–Crippen MR) is 87.8 cm³/mol. The lowest BCUT2D eigenvalue weighted by Gasteiger charge is -2.12. The average molecular weight is 454 g/mol. The predicted octanol–water partition coefficient (Wildman–Crippen LogP) is 7.04. The Hall–Kier alpha value is -0.720. The minimum Gasteiger partial charge on any atom is -0.202 e. The molecule has 0 heterocycles. The zero-order valence-corrected chi connectivity index (χ0v) is 15.9. The summed E-state index contributed by atoms with van der Waals surface area (Å²) in [6.07, 6.45) is 2.37. The fourth-order valence-electron chi connectivity index (χ4n) is 1.77. The van der Waals surface area contributed by atoms with Crippen molar-refractivity contribution >= 4 is 45.1 Å². The van der Waals surface area contributed by atoms with E-state index in [9.17, 15) is 35.1 Å². The van der Waals surface area contributed by atoms with Crippen LogP contribution in [0.1, 0.15) is 0 Å². The molecule has 0 N–H and O–H groups in total. The Bertz CT molecular complexity index is 741. The molecular weight excluding hydrogens is 448 g/mol. The van der Waals surface area contributed by atoms with Crippen LogP contribution in [0.3, 0.4) is 0 Å². The molecule has 0 fully saturated rings. The Kier molecular flexibility index (Phi) is 7.08. The quantitative estimate of drug-likeness (QED) is 0.206. The van der Waals surface area contributed by atoms with Crippen LogP contribution in [0, 0.1) is 46.5 Å². The molecule has 2 aromatic rings. The standard InChI is InChI=1S/C14H6F8S4/c1-23-11-3(15)7(19)13(8(20)4(11)16)25-26-14-9(21)5(17)12(24-2)6(18)10(14)22/h1-2H3. The highest BCUT2D eigenvalue weighted by molar-refractivity contribution is 8.76. The van der Waals surface area contributed by atoms with Gasteiger partial charge in [-0.2, -0.15) is 0 Å². The molecule has 0 bridgehead atoms. The summed E-state index contributed by atoms with van der Waals surface area (Å²) in [6, 6.07) is 0. The maximum Gasteiger partial charge on any atom is 0.177 e. The summed E-state index contributed by atoms with van der Waals surface area (Å²) in [6.45, 7) is 0.